The summed E-state index contributed by atoms with van der Waals surface area (Å²) in [5.74, 6) is -0.263. The van der Waals surface area contributed by atoms with Gasteiger partial charge in [0.2, 0.25) is 0 Å². The number of rotatable bonds is 5. The maximum atomic E-state index is 11.9. The van der Waals surface area contributed by atoms with Gasteiger partial charge in [0.25, 0.3) is 0 Å². The molecule has 1 unspecified atom stereocenters. The molecule has 7 heteroatoms. The number of ether oxygens (including phenoxy) is 1. The molecule has 2 rings (SSSR count). The number of aromatic nitrogens is 2. The van der Waals surface area contributed by atoms with Crippen LogP contribution in [0.2, 0.25) is 0 Å². The number of esters is 1. The van der Waals surface area contributed by atoms with Crippen molar-refractivity contribution in [2.45, 2.75) is 19.9 Å². The van der Waals surface area contributed by atoms with Crippen LogP contribution in [-0.4, -0.2) is 21.9 Å². The van der Waals surface area contributed by atoms with Crippen LogP contribution < -0.4 is 11.1 Å². The molecule has 1 atom stereocenters. The lowest BCUT2D eigenvalue weighted by molar-refractivity contribution is 0.0529. The minimum absolute atomic E-state index is 0.00558. The number of anilines is 2. The number of nitrogens with one attached hydrogen (secondary N) is 1. The van der Waals surface area contributed by atoms with E-state index in [4.69, 9.17) is 10.5 Å². The fraction of sp³-hybridized carbons (Fsp3) is 0.308. The molecule has 2 heterocycles. The van der Waals surface area contributed by atoms with Crippen molar-refractivity contribution in [3.63, 3.8) is 0 Å². The van der Waals surface area contributed by atoms with Crippen molar-refractivity contribution in [2.24, 2.45) is 0 Å². The smallest absolute Gasteiger partial charge is 0.344 e. The van der Waals surface area contributed by atoms with E-state index >= 15 is 0 Å². The monoisotopic (exact) mass is 292 g/mol. The quantitative estimate of drug-likeness (QED) is 0.823. The summed E-state index contributed by atoms with van der Waals surface area (Å²) in [6.45, 7) is 4.04. The lowest BCUT2D eigenvalue weighted by Crippen LogP contribution is -2.12. The van der Waals surface area contributed by atoms with E-state index < -0.39 is 5.97 Å². The van der Waals surface area contributed by atoms with Gasteiger partial charge in [0.1, 0.15) is 10.6 Å². The minimum atomic E-state index is -0.455. The molecule has 3 N–H and O–H groups in total. The molecule has 0 saturated heterocycles. The van der Waals surface area contributed by atoms with Crippen LogP contribution in [0.25, 0.3) is 0 Å². The molecule has 0 saturated carbocycles. The van der Waals surface area contributed by atoms with E-state index in [1.807, 2.05) is 19.1 Å². The lowest BCUT2D eigenvalue weighted by atomic mass is 10.1. The molecule has 0 spiro atoms. The molecule has 0 fully saturated rings. The maximum Gasteiger partial charge on any atom is 0.344 e. The Morgan fingerprint density at radius 3 is 2.85 bits per heavy atom. The standard InChI is InChI=1S/C13H16N4O2S/c1-3-19-13(18)10-11(14)17-20-12(10)16-8(2)9-4-6-15-7-5-9/h4-8,16H,3H2,1-2H3,(H2,14,17). The Bertz CT molecular complexity index is 585. The molecule has 0 radical (unpaired) electrons. The molecule has 0 aliphatic carbocycles. The number of nitrogens with zero attached hydrogens (tertiary/aromatic N) is 2. The third-order valence-electron chi connectivity index (χ3n) is 2.75. The van der Waals surface area contributed by atoms with Gasteiger partial charge in [-0.05, 0) is 43.1 Å². The van der Waals surface area contributed by atoms with Gasteiger partial charge in [0.15, 0.2) is 5.82 Å². The number of carbonyl (C=O) groups excluding carboxylic acids is 1. The van der Waals surface area contributed by atoms with Gasteiger partial charge in [-0.3, -0.25) is 4.98 Å². The van der Waals surface area contributed by atoms with Crippen molar-refractivity contribution in [3.05, 3.63) is 35.7 Å². The van der Waals surface area contributed by atoms with Crippen LogP contribution in [0.1, 0.15) is 35.8 Å². The zero-order valence-corrected chi connectivity index (χ0v) is 12.1. The molecule has 0 amide bonds. The molecule has 0 bridgehead atoms. The summed E-state index contributed by atoms with van der Waals surface area (Å²) in [7, 11) is 0. The van der Waals surface area contributed by atoms with E-state index in [1.54, 1.807) is 19.3 Å². The molecule has 0 aromatic carbocycles. The van der Waals surface area contributed by atoms with Crippen LogP contribution in [0.4, 0.5) is 10.8 Å². The number of nitrogen functional groups attached to an aromatic ring is 1. The van der Waals surface area contributed by atoms with Crippen molar-refractivity contribution in [1.82, 2.24) is 9.36 Å². The number of nitrogens with two attached hydrogens (primary N) is 1. The van der Waals surface area contributed by atoms with Crippen LogP contribution in [0.15, 0.2) is 24.5 Å². The van der Waals surface area contributed by atoms with Crippen molar-refractivity contribution >= 4 is 28.3 Å². The summed E-state index contributed by atoms with van der Waals surface area (Å²) in [4.78, 5) is 15.9. The number of pyridine rings is 1. The SMILES string of the molecule is CCOC(=O)c1c(N)nsc1NC(C)c1ccncc1. The average molecular weight is 292 g/mol. The van der Waals surface area contributed by atoms with Crippen LogP contribution in [0.3, 0.4) is 0 Å². The summed E-state index contributed by atoms with van der Waals surface area (Å²) < 4.78 is 9.00. The van der Waals surface area contributed by atoms with Crippen molar-refractivity contribution in [3.8, 4) is 0 Å². The summed E-state index contributed by atoms with van der Waals surface area (Å²) in [5, 5.41) is 3.85. The van der Waals surface area contributed by atoms with E-state index in [2.05, 4.69) is 14.7 Å². The third-order valence-corrected chi connectivity index (χ3v) is 3.54. The third kappa shape index (κ3) is 3.05. The molecular formula is C13H16N4O2S. The van der Waals surface area contributed by atoms with E-state index in [0.29, 0.717) is 17.2 Å². The Labute approximate surface area is 121 Å². The van der Waals surface area contributed by atoms with Gasteiger partial charge < -0.3 is 15.8 Å². The second kappa shape index (κ2) is 6.33. The molecular weight excluding hydrogens is 276 g/mol. The Kier molecular flexibility index (Phi) is 4.52. The first-order chi connectivity index (χ1) is 9.63. The van der Waals surface area contributed by atoms with E-state index in [9.17, 15) is 4.79 Å². The summed E-state index contributed by atoms with van der Waals surface area (Å²) in [6, 6.07) is 3.82. The predicted octanol–water partition coefficient (Wildman–Crippen LogP) is 2.47. The van der Waals surface area contributed by atoms with E-state index in [0.717, 1.165) is 17.1 Å². The molecule has 0 aliphatic rings. The zero-order valence-electron chi connectivity index (χ0n) is 11.3. The van der Waals surface area contributed by atoms with Crippen LogP contribution in [-0.2, 0) is 4.74 Å². The molecule has 0 aliphatic heterocycles. The molecule has 6 nitrogen and oxygen atoms in total. The van der Waals surface area contributed by atoms with Gasteiger partial charge >= 0.3 is 5.97 Å². The average Bonchev–Trinajstić information content (AvgIpc) is 2.81. The highest BCUT2D eigenvalue weighted by atomic mass is 32.1. The zero-order chi connectivity index (χ0) is 14.5. The largest absolute Gasteiger partial charge is 0.462 e. The summed E-state index contributed by atoms with van der Waals surface area (Å²) >= 11 is 1.15. The maximum absolute atomic E-state index is 11.9. The van der Waals surface area contributed by atoms with Crippen molar-refractivity contribution in [2.75, 3.05) is 17.7 Å². The first-order valence-corrected chi connectivity index (χ1v) is 6.99. The lowest BCUT2D eigenvalue weighted by Gasteiger charge is -2.14. The van der Waals surface area contributed by atoms with Crippen LogP contribution >= 0.6 is 11.5 Å². The Hall–Kier alpha value is -2.15. The molecule has 20 heavy (non-hydrogen) atoms. The number of carbonyl (C=O) groups is 1. The summed E-state index contributed by atoms with van der Waals surface area (Å²) in [6.07, 6.45) is 3.45. The van der Waals surface area contributed by atoms with E-state index in [-0.39, 0.29) is 11.9 Å². The van der Waals surface area contributed by atoms with Gasteiger partial charge in [-0.2, -0.15) is 4.37 Å². The van der Waals surface area contributed by atoms with Gasteiger partial charge in [-0.15, -0.1) is 0 Å². The highest BCUT2D eigenvalue weighted by Crippen LogP contribution is 2.30. The second-order valence-electron chi connectivity index (χ2n) is 4.14. The van der Waals surface area contributed by atoms with Gasteiger partial charge in [0, 0.05) is 18.4 Å². The Morgan fingerprint density at radius 2 is 2.20 bits per heavy atom. The Morgan fingerprint density at radius 1 is 1.50 bits per heavy atom. The minimum Gasteiger partial charge on any atom is -0.462 e. The van der Waals surface area contributed by atoms with Crippen LogP contribution in [0, 0.1) is 0 Å². The van der Waals surface area contributed by atoms with Crippen molar-refractivity contribution < 1.29 is 9.53 Å². The second-order valence-corrected chi connectivity index (χ2v) is 4.91. The van der Waals surface area contributed by atoms with E-state index in [1.165, 1.54) is 0 Å². The fourth-order valence-corrected chi connectivity index (χ4v) is 2.52. The Balaban J connectivity index is 2.20. The first-order valence-electron chi connectivity index (χ1n) is 6.22. The van der Waals surface area contributed by atoms with Gasteiger partial charge in [0.05, 0.1) is 6.61 Å². The van der Waals surface area contributed by atoms with Gasteiger partial charge in [-0.1, -0.05) is 0 Å². The normalized spacial score (nSPS) is 11.9. The molecule has 2 aromatic rings. The van der Waals surface area contributed by atoms with Crippen LogP contribution in [0.5, 0.6) is 0 Å². The number of hydrogen-bond acceptors (Lipinski definition) is 7. The topological polar surface area (TPSA) is 90.1 Å². The first kappa shape index (κ1) is 14.3. The molecule has 2 aromatic heterocycles. The highest BCUT2D eigenvalue weighted by molar-refractivity contribution is 7.11. The predicted molar refractivity (Wildman–Crippen MR) is 78.8 cm³/mol. The molecule has 106 valence electrons. The highest BCUT2D eigenvalue weighted by Gasteiger charge is 2.21. The summed E-state index contributed by atoms with van der Waals surface area (Å²) in [5.41, 5.74) is 7.10. The van der Waals surface area contributed by atoms with Crippen molar-refractivity contribution in [1.29, 1.82) is 0 Å². The fourth-order valence-electron chi connectivity index (χ4n) is 1.73. The number of hydrogen-bond donors (Lipinski definition) is 2. The van der Waals surface area contributed by atoms with Gasteiger partial charge in [-0.25, -0.2) is 4.79 Å².